The molecule has 1 heterocycles. The third kappa shape index (κ3) is 3.18. The van der Waals surface area contributed by atoms with Crippen LogP contribution in [0.3, 0.4) is 0 Å². The van der Waals surface area contributed by atoms with Crippen molar-refractivity contribution < 1.29 is 0 Å². The SMILES string of the molecule is CCc1cc(CC(NN)C2(C)CCCCC2)n(C)n1. The van der Waals surface area contributed by atoms with Gasteiger partial charge in [-0.1, -0.05) is 33.1 Å². The van der Waals surface area contributed by atoms with Crippen molar-refractivity contribution in [1.29, 1.82) is 0 Å². The first-order valence-electron chi connectivity index (χ1n) is 7.57. The summed E-state index contributed by atoms with van der Waals surface area (Å²) in [5.41, 5.74) is 5.85. The number of hydrogen-bond acceptors (Lipinski definition) is 3. The number of aromatic nitrogens is 2. The second-order valence-electron chi connectivity index (χ2n) is 6.24. The Morgan fingerprint density at radius 1 is 1.42 bits per heavy atom. The molecule has 1 unspecified atom stereocenters. The summed E-state index contributed by atoms with van der Waals surface area (Å²) in [6.45, 7) is 4.53. The Hall–Kier alpha value is -0.870. The number of aryl methyl sites for hydroxylation is 2. The molecule has 0 aliphatic heterocycles. The molecule has 0 bridgehead atoms. The second kappa shape index (κ2) is 6.06. The number of nitrogens with zero attached hydrogens (tertiary/aromatic N) is 2. The summed E-state index contributed by atoms with van der Waals surface area (Å²) < 4.78 is 2.01. The van der Waals surface area contributed by atoms with Gasteiger partial charge in [0.15, 0.2) is 0 Å². The summed E-state index contributed by atoms with van der Waals surface area (Å²) in [7, 11) is 2.03. The average molecular weight is 264 g/mol. The van der Waals surface area contributed by atoms with Crippen molar-refractivity contribution in [3.05, 3.63) is 17.5 Å². The summed E-state index contributed by atoms with van der Waals surface area (Å²) in [5.74, 6) is 5.85. The number of rotatable bonds is 5. The summed E-state index contributed by atoms with van der Waals surface area (Å²) >= 11 is 0. The Morgan fingerprint density at radius 3 is 2.63 bits per heavy atom. The smallest absolute Gasteiger partial charge is 0.0624 e. The van der Waals surface area contributed by atoms with Gasteiger partial charge in [0, 0.05) is 25.2 Å². The quantitative estimate of drug-likeness (QED) is 0.634. The van der Waals surface area contributed by atoms with Crippen LogP contribution in [-0.2, 0) is 19.9 Å². The van der Waals surface area contributed by atoms with Gasteiger partial charge in [-0.3, -0.25) is 16.0 Å². The van der Waals surface area contributed by atoms with Gasteiger partial charge in [0.25, 0.3) is 0 Å². The lowest BCUT2D eigenvalue weighted by Gasteiger charge is -2.40. The van der Waals surface area contributed by atoms with Gasteiger partial charge in [-0.15, -0.1) is 0 Å². The first-order valence-corrected chi connectivity index (χ1v) is 7.57. The minimum absolute atomic E-state index is 0.323. The molecule has 1 aromatic heterocycles. The van der Waals surface area contributed by atoms with Crippen molar-refractivity contribution in [2.75, 3.05) is 0 Å². The molecule has 0 spiro atoms. The van der Waals surface area contributed by atoms with Crippen LogP contribution >= 0.6 is 0 Å². The summed E-state index contributed by atoms with van der Waals surface area (Å²) in [6, 6.07) is 2.56. The fourth-order valence-corrected chi connectivity index (χ4v) is 3.36. The van der Waals surface area contributed by atoms with Gasteiger partial charge in [-0.05, 0) is 30.7 Å². The standard InChI is InChI=1S/C15H28N4/c1-4-12-10-13(19(3)18-12)11-14(17-16)15(2)8-6-5-7-9-15/h10,14,17H,4-9,11,16H2,1-3H3. The third-order valence-corrected chi connectivity index (χ3v) is 4.84. The maximum absolute atomic E-state index is 5.85. The number of hydrazine groups is 1. The van der Waals surface area contributed by atoms with Crippen molar-refractivity contribution in [1.82, 2.24) is 15.2 Å². The Morgan fingerprint density at radius 2 is 2.11 bits per heavy atom. The molecule has 1 aromatic rings. The van der Waals surface area contributed by atoms with Gasteiger partial charge in [-0.25, -0.2) is 0 Å². The highest BCUT2D eigenvalue weighted by atomic mass is 15.3. The van der Waals surface area contributed by atoms with Crippen molar-refractivity contribution in [3.63, 3.8) is 0 Å². The van der Waals surface area contributed by atoms with Crippen LogP contribution in [0.1, 0.15) is 57.3 Å². The average Bonchev–Trinajstić information content (AvgIpc) is 2.77. The Kier molecular flexibility index (Phi) is 4.63. The van der Waals surface area contributed by atoms with Gasteiger partial charge in [0.1, 0.15) is 0 Å². The van der Waals surface area contributed by atoms with Crippen LogP contribution < -0.4 is 11.3 Å². The summed E-state index contributed by atoms with van der Waals surface area (Å²) in [4.78, 5) is 0. The van der Waals surface area contributed by atoms with E-state index in [0.29, 0.717) is 11.5 Å². The molecule has 1 aliphatic carbocycles. The van der Waals surface area contributed by atoms with Crippen LogP contribution in [0.4, 0.5) is 0 Å². The van der Waals surface area contributed by atoms with Crippen molar-refractivity contribution >= 4 is 0 Å². The molecule has 0 radical (unpaired) electrons. The fourth-order valence-electron chi connectivity index (χ4n) is 3.36. The predicted molar refractivity (Wildman–Crippen MR) is 78.6 cm³/mol. The summed E-state index contributed by atoms with van der Waals surface area (Å²) in [6.07, 6.45) is 8.56. The lowest BCUT2D eigenvalue weighted by Crippen LogP contribution is -2.49. The maximum atomic E-state index is 5.85. The molecule has 0 aromatic carbocycles. The highest BCUT2D eigenvalue weighted by molar-refractivity contribution is 5.12. The number of hydrogen-bond donors (Lipinski definition) is 2. The molecule has 4 nitrogen and oxygen atoms in total. The molecule has 1 saturated carbocycles. The highest BCUT2D eigenvalue weighted by Gasteiger charge is 2.35. The van der Waals surface area contributed by atoms with E-state index in [0.717, 1.165) is 12.8 Å². The van der Waals surface area contributed by atoms with Crippen LogP contribution in [0.15, 0.2) is 6.07 Å². The Balaban J connectivity index is 2.11. The minimum atomic E-state index is 0.323. The van der Waals surface area contributed by atoms with Crippen molar-refractivity contribution in [2.24, 2.45) is 18.3 Å². The zero-order valence-corrected chi connectivity index (χ0v) is 12.6. The van der Waals surface area contributed by atoms with E-state index in [9.17, 15) is 0 Å². The van der Waals surface area contributed by atoms with E-state index in [-0.39, 0.29) is 0 Å². The van der Waals surface area contributed by atoms with Gasteiger partial charge in [0.05, 0.1) is 5.69 Å². The molecule has 19 heavy (non-hydrogen) atoms. The normalized spacial score (nSPS) is 20.4. The fraction of sp³-hybridized carbons (Fsp3) is 0.800. The molecular weight excluding hydrogens is 236 g/mol. The minimum Gasteiger partial charge on any atom is -0.272 e. The molecule has 3 N–H and O–H groups in total. The van der Waals surface area contributed by atoms with Crippen LogP contribution in [0.2, 0.25) is 0 Å². The number of nitrogens with one attached hydrogen (secondary N) is 1. The van der Waals surface area contributed by atoms with Gasteiger partial charge < -0.3 is 0 Å². The largest absolute Gasteiger partial charge is 0.272 e. The zero-order valence-electron chi connectivity index (χ0n) is 12.6. The van der Waals surface area contributed by atoms with E-state index in [1.807, 2.05) is 11.7 Å². The third-order valence-electron chi connectivity index (χ3n) is 4.84. The Labute approximate surface area is 116 Å². The molecule has 2 rings (SSSR count). The van der Waals surface area contributed by atoms with E-state index in [1.54, 1.807) is 0 Å². The van der Waals surface area contributed by atoms with E-state index >= 15 is 0 Å². The predicted octanol–water partition coefficient (Wildman–Crippen LogP) is 2.33. The van der Waals surface area contributed by atoms with Gasteiger partial charge in [-0.2, -0.15) is 5.10 Å². The lowest BCUT2D eigenvalue weighted by atomic mass is 9.69. The van der Waals surface area contributed by atoms with E-state index < -0.39 is 0 Å². The van der Waals surface area contributed by atoms with Crippen molar-refractivity contribution in [3.8, 4) is 0 Å². The molecule has 1 atom stereocenters. The molecule has 0 amide bonds. The van der Waals surface area contributed by atoms with E-state index in [2.05, 4.69) is 30.4 Å². The van der Waals surface area contributed by atoms with Crippen LogP contribution in [0, 0.1) is 5.41 Å². The topological polar surface area (TPSA) is 55.9 Å². The summed E-state index contributed by atoms with van der Waals surface area (Å²) in [5, 5.41) is 4.53. The first-order chi connectivity index (χ1) is 9.09. The lowest BCUT2D eigenvalue weighted by molar-refractivity contribution is 0.142. The highest BCUT2D eigenvalue weighted by Crippen LogP contribution is 2.39. The number of nitrogens with two attached hydrogens (primary N) is 1. The molecule has 108 valence electrons. The van der Waals surface area contributed by atoms with Gasteiger partial charge in [0.2, 0.25) is 0 Å². The maximum Gasteiger partial charge on any atom is 0.0624 e. The van der Waals surface area contributed by atoms with Gasteiger partial charge >= 0.3 is 0 Å². The molecule has 1 aliphatic rings. The van der Waals surface area contributed by atoms with Crippen LogP contribution in [0.25, 0.3) is 0 Å². The Bertz CT molecular complexity index is 404. The molecular formula is C15H28N4. The van der Waals surface area contributed by atoms with E-state index in [1.165, 1.54) is 43.5 Å². The second-order valence-corrected chi connectivity index (χ2v) is 6.24. The zero-order chi connectivity index (χ0) is 13.9. The molecule has 4 heteroatoms. The first kappa shape index (κ1) is 14.5. The van der Waals surface area contributed by atoms with Crippen LogP contribution in [0.5, 0.6) is 0 Å². The monoisotopic (exact) mass is 264 g/mol. The van der Waals surface area contributed by atoms with Crippen molar-refractivity contribution in [2.45, 2.75) is 64.8 Å². The van der Waals surface area contributed by atoms with Crippen LogP contribution in [-0.4, -0.2) is 15.8 Å². The van der Waals surface area contributed by atoms with E-state index in [4.69, 9.17) is 5.84 Å². The molecule has 0 saturated heterocycles. The molecule has 1 fully saturated rings.